The minimum atomic E-state index is 0.363. The normalized spacial score (nSPS) is 22.3. The molecule has 16 heavy (non-hydrogen) atoms. The Hall–Kier alpha value is -1.54. The number of rotatable bonds is 3. The van der Waals surface area contributed by atoms with E-state index in [9.17, 15) is 0 Å². The summed E-state index contributed by atoms with van der Waals surface area (Å²) >= 11 is 0. The quantitative estimate of drug-likeness (QED) is 0.723. The first-order chi connectivity index (χ1) is 7.83. The zero-order valence-electron chi connectivity index (χ0n) is 9.48. The molecule has 1 aliphatic rings. The van der Waals surface area contributed by atoms with Gasteiger partial charge in [0.1, 0.15) is 5.75 Å². The van der Waals surface area contributed by atoms with Crippen molar-refractivity contribution in [2.24, 2.45) is 5.92 Å². The van der Waals surface area contributed by atoms with Gasteiger partial charge in [0, 0.05) is 5.92 Å². The summed E-state index contributed by atoms with van der Waals surface area (Å²) in [5.41, 5.74) is 2.47. The molecular weight excluding hydrogens is 200 g/mol. The van der Waals surface area contributed by atoms with Crippen LogP contribution in [0.1, 0.15) is 5.56 Å². The molecule has 2 nitrogen and oxygen atoms in total. The molecule has 0 amide bonds. The minimum Gasteiger partial charge on any atom is -0.497 e. The first-order valence-electron chi connectivity index (χ1n) is 5.38. The summed E-state index contributed by atoms with van der Waals surface area (Å²) in [5, 5.41) is 0. The molecule has 2 heteroatoms. The van der Waals surface area contributed by atoms with Crippen LogP contribution in [0.2, 0.25) is 0 Å². The van der Waals surface area contributed by atoms with Gasteiger partial charge < -0.3 is 9.47 Å². The maximum absolute atomic E-state index is 5.41. The van der Waals surface area contributed by atoms with Crippen LogP contribution in [0, 0.1) is 5.92 Å². The standard InChI is InChI=1S/C14H16O2/c1-3-12-9-16-10-13(12)8-11-4-6-14(15-2)7-5-11/h3-8,12H,1,9-10H2,2H3/b13-8-. The lowest BCUT2D eigenvalue weighted by Crippen LogP contribution is -1.96. The Kier molecular flexibility index (Phi) is 3.42. The fourth-order valence-electron chi connectivity index (χ4n) is 1.80. The van der Waals surface area contributed by atoms with Crippen LogP contribution in [0.5, 0.6) is 5.75 Å². The molecule has 0 aromatic heterocycles. The van der Waals surface area contributed by atoms with Gasteiger partial charge in [-0.3, -0.25) is 0 Å². The van der Waals surface area contributed by atoms with Crippen molar-refractivity contribution < 1.29 is 9.47 Å². The molecule has 1 unspecified atom stereocenters. The van der Waals surface area contributed by atoms with Crippen LogP contribution in [-0.2, 0) is 4.74 Å². The Morgan fingerprint density at radius 3 is 2.75 bits per heavy atom. The molecule has 0 saturated carbocycles. The molecule has 1 aromatic carbocycles. The predicted octanol–water partition coefficient (Wildman–Crippen LogP) is 2.91. The van der Waals surface area contributed by atoms with Crippen LogP contribution in [0.15, 0.2) is 42.5 Å². The molecule has 0 N–H and O–H groups in total. The monoisotopic (exact) mass is 216 g/mol. The van der Waals surface area contributed by atoms with Crippen molar-refractivity contribution in [3.05, 3.63) is 48.1 Å². The third-order valence-electron chi connectivity index (χ3n) is 2.79. The molecule has 1 aromatic rings. The van der Waals surface area contributed by atoms with E-state index in [2.05, 4.69) is 12.7 Å². The number of ether oxygens (including phenoxy) is 2. The SMILES string of the molecule is C=CC1COC/C1=C/c1ccc(OC)cc1. The van der Waals surface area contributed by atoms with Crippen LogP contribution in [0.4, 0.5) is 0 Å². The molecule has 1 atom stereocenters. The smallest absolute Gasteiger partial charge is 0.118 e. The lowest BCUT2D eigenvalue weighted by atomic mass is 10.0. The first-order valence-corrected chi connectivity index (χ1v) is 5.38. The van der Waals surface area contributed by atoms with Gasteiger partial charge in [-0.1, -0.05) is 24.3 Å². The summed E-state index contributed by atoms with van der Waals surface area (Å²) < 4.78 is 10.5. The molecule has 1 aliphatic heterocycles. The highest BCUT2D eigenvalue weighted by Crippen LogP contribution is 2.23. The van der Waals surface area contributed by atoms with E-state index in [1.54, 1.807) is 7.11 Å². The van der Waals surface area contributed by atoms with Crippen molar-refractivity contribution in [2.75, 3.05) is 20.3 Å². The van der Waals surface area contributed by atoms with Crippen molar-refractivity contribution >= 4 is 6.08 Å². The third kappa shape index (κ3) is 2.34. The second kappa shape index (κ2) is 4.99. The highest BCUT2D eigenvalue weighted by atomic mass is 16.5. The predicted molar refractivity (Wildman–Crippen MR) is 65.5 cm³/mol. The van der Waals surface area contributed by atoms with Gasteiger partial charge >= 0.3 is 0 Å². The van der Waals surface area contributed by atoms with Crippen LogP contribution in [0.3, 0.4) is 0 Å². The van der Waals surface area contributed by atoms with Crippen molar-refractivity contribution in [3.63, 3.8) is 0 Å². The van der Waals surface area contributed by atoms with Gasteiger partial charge in [0.15, 0.2) is 0 Å². The van der Waals surface area contributed by atoms with Crippen LogP contribution in [-0.4, -0.2) is 20.3 Å². The number of hydrogen-bond donors (Lipinski definition) is 0. The molecule has 0 radical (unpaired) electrons. The van der Waals surface area contributed by atoms with E-state index < -0.39 is 0 Å². The fraction of sp³-hybridized carbons (Fsp3) is 0.286. The Bertz CT molecular complexity index is 390. The number of methoxy groups -OCH3 is 1. The zero-order valence-corrected chi connectivity index (χ0v) is 9.48. The van der Waals surface area contributed by atoms with Gasteiger partial charge in [0.05, 0.1) is 20.3 Å². The van der Waals surface area contributed by atoms with Crippen LogP contribution >= 0.6 is 0 Å². The molecule has 1 heterocycles. The summed E-state index contributed by atoms with van der Waals surface area (Å²) in [6.45, 7) is 5.29. The summed E-state index contributed by atoms with van der Waals surface area (Å²) in [4.78, 5) is 0. The molecule has 0 spiro atoms. The summed E-state index contributed by atoms with van der Waals surface area (Å²) in [6, 6.07) is 8.02. The van der Waals surface area contributed by atoms with Gasteiger partial charge in [0.2, 0.25) is 0 Å². The molecular formula is C14H16O2. The van der Waals surface area contributed by atoms with Crippen molar-refractivity contribution in [1.82, 2.24) is 0 Å². The highest BCUT2D eigenvalue weighted by Gasteiger charge is 2.17. The van der Waals surface area contributed by atoms with Crippen molar-refractivity contribution in [2.45, 2.75) is 0 Å². The number of benzene rings is 1. The van der Waals surface area contributed by atoms with Gasteiger partial charge in [-0.2, -0.15) is 0 Å². The van der Waals surface area contributed by atoms with Crippen LogP contribution in [0.25, 0.3) is 6.08 Å². The fourth-order valence-corrected chi connectivity index (χ4v) is 1.80. The van der Waals surface area contributed by atoms with Crippen molar-refractivity contribution in [3.8, 4) is 5.75 Å². The van der Waals surface area contributed by atoms with E-state index in [0.29, 0.717) is 12.5 Å². The second-order valence-electron chi connectivity index (χ2n) is 3.85. The minimum absolute atomic E-state index is 0.363. The molecule has 2 rings (SSSR count). The number of hydrogen-bond acceptors (Lipinski definition) is 2. The Labute approximate surface area is 96.2 Å². The molecule has 0 aliphatic carbocycles. The average molecular weight is 216 g/mol. The molecule has 1 saturated heterocycles. The van der Waals surface area contributed by atoms with E-state index >= 15 is 0 Å². The zero-order chi connectivity index (χ0) is 11.4. The van der Waals surface area contributed by atoms with Gasteiger partial charge in [-0.25, -0.2) is 0 Å². The Morgan fingerprint density at radius 1 is 1.38 bits per heavy atom. The summed E-state index contributed by atoms with van der Waals surface area (Å²) in [6.07, 6.45) is 4.11. The average Bonchev–Trinajstić information content (AvgIpc) is 2.77. The maximum Gasteiger partial charge on any atom is 0.118 e. The van der Waals surface area contributed by atoms with Gasteiger partial charge in [-0.15, -0.1) is 6.58 Å². The molecule has 0 bridgehead atoms. The van der Waals surface area contributed by atoms with E-state index in [-0.39, 0.29) is 0 Å². The van der Waals surface area contributed by atoms with E-state index in [1.165, 1.54) is 11.1 Å². The topological polar surface area (TPSA) is 18.5 Å². The van der Waals surface area contributed by atoms with E-state index in [4.69, 9.17) is 9.47 Å². The lowest BCUT2D eigenvalue weighted by molar-refractivity contribution is 0.195. The summed E-state index contributed by atoms with van der Waals surface area (Å²) in [7, 11) is 1.67. The van der Waals surface area contributed by atoms with E-state index in [0.717, 1.165) is 12.4 Å². The van der Waals surface area contributed by atoms with E-state index in [1.807, 2.05) is 30.3 Å². The Morgan fingerprint density at radius 2 is 2.12 bits per heavy atom. The van der Waals surface area contributed by atoms with Gasteiger partial charge in [-0.05, 0) is 23.3 Å². The van der Waals surface area contributed by atoms with Crippen molar-refractivity contribution in [1.29, 1.82) is 0 Å². The Balaban J connectivity index is 2.18. The second-order valence-corrected chi connectivity index (χ2v) is 3.85. The third-order valence-corrected chi connectivity index (χ3v) is 2.79. The maximum atomic E-state index is 5.41. The van der Waals surface area contributed by atoms with Gasteiger partial charge in [0.25, 0.3) is 0 Å². The molecule has 84 valence electrons. The first kappa shape index (κ1) is 11.0. The van der Waals surface area contributed by atoms with Crippen LogP contribution < -0.4 is 4.74 Å². The largest absolute Gasteiger partial charge is 0.497 e. The highest BCUT2D eigenvalue weighted by molar-refractivity contribution is 5.55. The summed E-state index contributed by atoms with van der Waals surface area (Å²) in [5.74, 6) is 1.24. The molecule has 1 fully saturated rings. The lowest BCUT2D eigenvalue weighted by Gasteiger charge is -2.04.